The molecule has 1 aliphatic rings. The maximum Gasteiger partial charge on any atom is 0.348 e. The maximum atomic E-state index is 12.7. The fourth-order valence-electron chi connectivity index (χ4n) is 3.43. The van der Waals surface area contributed by atoms with Crippen molar-refractivity contribution in [2.45, 2.75) is 39.7 Å². The molecule has 3 rings (SSSR count). The van der Waals surface area contributed by atoms with Gasteiger partial charge in [0.1, 0.15) is 15.6 Å². The average molecular weight is 435 g/mol. The third-order valence-electron chi connectivity index (χ3n) is 4.94. The van der Waals surface area contributed by atoms with Crippen molar-refractivity contribution in [2.24, 2.45) is 0 Å². The number of nitrogens with zero attached hydrogens (tertiary/aromatic N) is 1. The summed E-state index contributed by atoms with van der Waals surface area (Å²) in [5.41, 5.74) is 0.546. The number of hydrogen-bond donors (Lipinski definition) is 1. The highest BCUT2D eigenvalue weighted by Gasteiger charge is 2.27. The van der Waals surface area contributed by atoms with Gasteiger partial charge in [-0.25, -0.2) is 9.59 Å². The van der Waals surface area contributed by atoms with Crippen molar-refractivity contribution < 1.29 is 28.3 Å². The zero-order valence-electron chi connectivity index (χ0n) is 17.4. The van der Waals surface area contributed by atoms with Crippen molar-refractivity contribution in [1.82, 2.24) is 4.90 Å². The van der Waals surface area contributed by atoms with E-state index in [0.29, 0.717) is 17.9 Å². The van der Waals surface area contributed by atoms with Crippen molar-refractivity contribution >= 4 is 34.2 Å². The van der Waals surface area contributed by atoms with Crippen LogP contribution in [0.25, 0.3) is 0 Å². The van der Waals surface area contributed by atoms with Gasteiger partial charge in [0.05, 0.1) is 25.8 Å². The fourth-order valence-corrected chi connectivity index (χ4v) is 4.51. The summed E-state index contributed by atoms with van der Waals surface area (Å²) < 4.78 is 15.6. The minimum atomic E-state index is -0.639. The maximum absolute atomic E-state index is 12.7. The molecule has 9 heteroatoms. The molecule has 0 spiro atoms. The molecule has 3 heterocycles. The van der Waals surface area contributed by atoms with Crippen molar-refractivity contribution in [3.63, 3.8) is 0 Å². The number of piperidine rings is 1. The van der Waals surface area contributed by atoms with Crippen molar-refractivity contribution in [3.05, 3.63) is 39.7 Å². The first-order valence-electron chi connectivity index (χ1n) is 9.95. The first kappa shape index (κ1) is 22.0. The van der Waals surface area contributed by atoms with Crippen LogP contribution < -0.4 is 5.32 Å². The van der Waals surface area contributed by atoms with Gasteiger partial charge in [0.25, 0.3) is 5.91 Å². The lowest BCUT2D eigenvalue weighted by atomic mass is 10.1. The Morgan fingerprint density at radius 1 is 1.17 bits per heavy atom. The normalized spacial score (nSPS) is 14.4. The van der Waals surface area contributed by atoms with Crippen LogP contribution in [0, 0.1) is 6.92 Å². The van der Waals surface area contributed by atoms with Crippen LogP contribution >= 0.6 is 11.3 Å². The molecule has 1 aliphatic heterocycles. The second-order valence-corrected chi connectivity index (χ2v) is 8.05. The lowest BCUT2D eigenvalue weighted by Crippen LogP contribution is -2.28. The number of hydrogen-bond acceptors (Lipinski definition) is 8. The molecule has 30 heavy (non-hydrogen) atoms. The van der Waals surface area contributed by atoms with E-state index in [1.165, 1.54) is 26.4 Å². The first-order chi connectivity index (χ1) is 14.4. The topological polar surface area (TPSA) is 98.1 Å². The second kappa shape index (κ2) is 9.90. The number of likely N-dealkylation sites (tertiary alicyclic amines) is 1. The summed E-state index contributed by atoms with van der Waals surface area (Å²) in [6.07, 6.45) is 3.59. The molecule has 0 radical (unpaired) electrons. The molecule has 8 nitrogen and oxygen atoms in total. The van der Waals surface area contributed by atoms with Gasteiger partial charge in [0, 0.05) is 0 Å². The number of methoxy groups -OCH3 is 1. The summed E-state index contributed by atoms with van der Waals surface area (Å²) in [5, 5.41) is 2.90. The van der Waals surface area contributed by atoms with Crippen LogP contribution in [0.2, 0.25) is 0 Å². The van der Waals surface area contributed by atoms with E-state index in [0.717, 1.165) is 24.4 Å². The van der Waals surface area contributed by atoms with Gasteiger partial charge in [-0.2, -0.15) is 0 Å². The van der Waals surface area contributed by atoms with E-state index in [9.17, 15) is 14.4 Å². The van der Waals surface area contributed by atoms with E-state index in [1.54, 1.807) is 26.0 Å². The van der Waals surface area contributed by atoms with E-state index in [1.807, 2.05) is 0 Å². The SMILES string of the molecule is CCOC(=O)c1sc(NC(=O)c2ccc(CN3CCCCC3)o2)c(C(=O)OC)c1C. The third kappa shape index (κ3) is 4.91. The van der Waals surface area contributed by atoms with Crippen LogP contribution in [0.4, 0.5) is 5.00 Å². The minimum absolute atomic E-state index is 0.138. The largest absolute Gasteiger partial charge is 0.465 e. The summed E-state index contributed by atoms with van der Waals surface area (Å²) in [5.74, 6) is -0.833. The van der Waals surface area contributed by atoms with Gasteiger partial charge >= 0.3 is 11.9 Å². The standard InChI is InChI=1S/C21H26N2O6S/c1-4-28-21(26)17-13(2)16(20(25)27-3)19(30-17)22-18(24)15-9-8-14(29-15)12-23-10-6-5-7-11-23/h8-9H,4-7,10-12H2,1-3H3,(H,22,24). The molecule has 0 unspecified atom stereocenters. The Balaban J connectivity index is 1.78. The average Bonchev–Trinajstić information content (AvgIpc) is 3.33. The van der Waals surface area contributed by atoms with Gasteiger partial charge in [0.15, 0.2) is 5.76 Å². The molecule has 2 aromatic rings. The van der Waals surface area contributed by atoms with Crippen LogP contribution in [0.5, 0.6) is 0 Å². The second-order valence-electron chi connectivity index (χ2n) is 7.03. The number of thiophene rings is 1. The van der Waals surface area contributed by atoms with Gasteiger partial charge in [-0.1, -0.05) is 6.42 Å². The minimum Gasteiger partial charge on any atom is -0.465 e. The molecule has 2 aromatic heterocycles. The molecular formula is C21H26N2O6S. The number of ether oxygens (including phenoxy) is 2. The van der Waals surface area contributed by atoms with Crippen molar-refractivity contribution in [3.8, 4) is 0 Å². The summed E-state index contributed by atoms with van der Waals surface area (Å²) in [6, 6.07) is 3.40. The van der Waals surface area contributed by atoms with Gasteiger partial charge in [-0.05, 0) is 57.5 Å². The van der Waals surface area contributed by atoms with Gasteiger partial charge in [0.2, 0.25) is 0 Å². The van der Waals surface area contributed by atoms with Crippen molar-refractivity contribution in [2.75, 3.05) is 32.1 Å². The van der Waals surface area contributed by atoms with E-state index in [-0.39, 0.29) is 27.8 Å². The summed E-state index contributed by atoms with van der Waals surface area (Å²) in [6.45, 7) is 6.23. The monoisotopic (exact) mass is 434 g/mol. The Morgan fingerprint density at radius 3 is 2.57 bits per heavy atom. The molecular weight excluding hydrogens is 408 g/mol. The lowest BCUT2D eigenvalue weighted by Gasteiger charge is -2.25. The number of amides is 1. The summed E-state index contributed by atoms with van der Waals surface area (Å²) >= 11 is 0.979. The van der Waals surface area contributed by atoms with E-state index in [2.05, 4.69) is 10.2 Å². The highest BCUT2D eigenvalue weighted by molar-refractivity contribution is 7.18. The molecule has 0 aliphatic carbocycles. The van der Waals surface area contributed by atoms with Gasteiger partial charge in [-0.15, -0.1) is 11.3 Å². The van der Waals surface area contributed by atoms with Crippen LogP contribution in [0.1, 0.15) is 68.1 Å². The quantitative estimate of drug-likeness (QED) is 0.661. The predicted molar refractivity (Wildman–Crippen MR) is 112 cm³/mol. The van der Waals surface area contributed by atoms with Crippen LogP contribution in [-0.2, 0) is 16.0 Å². The molecule has 1 amide bonds. The molecule has 0 atom stereocenters. The van der Waals surface area contributed by atoms with Gasteiger partial charge in [-0.3, -0.25) is 9.69 Å². The fraction of sp³-hybridized carbons (Fsp3) is 0.476. The third-order valence-corrected chi connectivity index (χ3v) is 6.13. The number of anilines is 1. The molecule has 162 valence electrons. The van der Waals surface area contributed by atoms with Crippen LogP contribution in [0.3, 0.4) is 0 Å². The number of carbonyl (C=O) groups is 3. The molecule has 0 aromatic carbocycles. The Labute approximate surface area is 179 Å². The Hall–Kier alpha value is -2.65. The van der Waals surface area contributed by atoms with Crippen LogP contribution in [0.15, 0.2) is 16.5 Å². The first-order valence-corrected chi connectivity index (χ1v) is 10.8. The van der Waals surface area contributed by atoms with E-state index >= 15 is 0 Å². The molecule has 0 saturated carbocycles. The Kier molecular flexibility index (Phi) is 7.28. The number of nitrogens with one attached hydrogen (secondary N) is 1. The molecule has 1 fully saturated rings. The number of esters is 2. The predicted octanol–water partition coefficient (Wildman–Crippen LogP) is 3.85. The molecule has 1 saturated heterocycles. The Bertz CT molecular complexity index is 926. The summed E-state index contributed by atoms with van der Waals surface area (Å²) in [7, 11) is 1.24. The molecule has 0 bridgehead atoms. The number of rotatable bonds is 7. The molecule has 1 N–H and O–H groups in total. The highest BCUT2D eigenvalue weighted by Crippen LogP contribution is 2.34. The van der Waals surface area contributed by atoms with E-state index in [4.69, 9.17) is 13.9 Å². The zero-order valence-corrected chi connectivity index (χ0v) is 18.2. The van der Waals surface area contributed by atoms with Gasteiger partial charge < -0.3 is 19.2 Å². The number of carbonyl (C=O) groups excluding carboxylic acids is 3. The van der Waals surface area contributed by atoms with E-state index < -0.39 is 17.8 Å². The van der Waals surface area contributed by atoms with Crippen molar-refractivity contribution in [1.29, 1.82) is 0 Å². The lowest BCUT2D eigenvalue weighted by molar-refractivity contribution is 0.0531. The zero-order chi connectivity index (χ0) is 21.7. The summed E-state index contributed by atoms with van der Waals surface area (Å²) in [4.78, 5) is 39.7. The Morgan fingerprint density at radius 2 is 1.90 bits per heavy atom. The number of furan rings is 1. The smallest absolute Gasteiger partial charge is 0.348 e. The van der Waals surface area contributed by atoms with Crippen LogP contribution in [-0.4, -0.2) is 49.6 Å². The highest BCUT2D eigenvalue weighted by atomic mass is 32.1.